The van der Waals surface area contributed by atoms with Crippen molar-refractivity contribution in [2.75, 3.05) is 26.7 Å². The van der Waals surface area contributed by atoms with Crippen molar-refractivity contribution in [1.82, 2.24) is 14.5 Å². The van der Waals surface area contributed by atoms with Gasteiger partial charge in [-0.15, -0.1) is 0 Å². The van der Waals surface area contributed by atoms with Crippen molar-refractivity contribution in [2.45, 2.75) is 25.8 Å². The fraction of sp³-hybridized carbons (Fsp3) is 0.500. The van der Waals surface area contributed by atoms with Crippen LogP contribution in [0.1, 0.15) is 25.8 Å². The molecule has 112 valence electrons. The van der Waals surface area contributed by atoms with Crippen LogP contribution in [0, 0.1) is 0 Å². The number of nitrogens with zero attached hydrogens (tertiary/aromatic N) is 3. The van der Waals surface area contributed by atoms with Crippen molar-refractivity contribution in [3.8, 4) is 5.75 Å². The summed E-state index contributed by atoms with van der Waals surface area (Å²) in [6.45, 7) is 5.25. The molecule has 1 aliphatic heterocycles. The zero-order valence-corrected chi connectivity index (χ0v) is 12.6. The van der Waals surface area contributed by atoms with Gasteiger partial charge in [-0.05, 0) is 31.5 Å². The van der Waals surface area contributed by atoms with E-state index in [9.17, 15) is 4.79 Å². The van der Waals surface area contributed by atoms with Crippen LogP contribution in [0.5, 0.6) is 5.75 Å². The molecule has 0 aliphatic carbocycles. The minimum absolute atomic E-state index is 0.000739. The van der Waals surface area contributed by atoms with Crippen LogP contribution in [-0.4, -0.2) is 41.2 Å². The second-order valence-corrected chi connectivity index (χ2v) is 5.55. The Hall–Kier alpha value is -1.88. The van der Waals surface area contributed by atoms with E-state index in [1.54, 1.807) is 18.0 Å². The van der Waals surface area contributed by atoms with Gasteiger partial charge in [0.15, 0.2) is 0 Å². The van der Waals surface area contributed by atoms with Crippen molar-refractivity contribution in [3.05, 3.63) is 34.9 Å². The van der Waals surface area contributed by atoms with Gasteiger partial charge < -0.3 is 9.64 Å². The standard InChI is InChI=1S/C16H21N3O2/c1-3-8-18-9-7-12(10-18)19-11-17-13-5-4-6-14(21-2)15(13)16(19)20/h4-6,11-12H,3,7-10H2,1-2H3/t12-/m0/s1. The molecule has 5 nitrogen and oxygen atoms in total. The first-order valence-electron chi connectivity index (χ1n) is 7.50. The third-order valence-corrected chi connectivity index (χ3v) is 4.17. The third kappa shape index (κ3) is 2.53. The van der Waals surface area contributed by atoms with Gasteiger partial charge in [0.25, 0.3) is 5.56 Å². The van der Waals surface area contributed by atoms with E-state index in [1.165, 1.54) is 0 Å². The lowest BCUT2D eigenvalue weighted by Gasteiger charge is -2.17. The minimum atomic E-state index is 0.000739. The quantitative estimate of drug-likeness (QED) is 0.863. The van der Waals surface area contributed by atoms with E-state index in [-0.39, 0.29) is 11.6 Å². The maximum absolute atomic E-state index is 12.8. The van der Waals surface area contributed by atoms with Gasteiger partial charge in [0, 0.05) is 13.1 Å². The molecule has 0 spiro atoms. The number of fused-ring (bicyclic) bond motifs is 1. The molecule has 5 heteroatoms. The first kappa shape index (κ1) is 14.1. The Balaban J connectivity index is 2.01. The summed E-state index contributed by atoms with van der Waals surface area (Å²) < 4.78 is 7.10. The lowest BCUT2D eigenvalue weighted by molar-refractivity contribution is 0.323. The summed E-state index contributed by atoms with van der Waals surface area (Å²) in [6.07, 6.45) is 3.83. The fourth-order valence-corrected chi connectivity index (χ4v) is 3.14. The lowest BCUT2D eigenvalue weighted by atomic mass is 10.2. The molecule has 1 aromatic carbocycles. The Kier molecular flexibility index (Phi) is 3.92. The third-order valence-electron chi connectivity index (χ3n) is 4.17. The van der Waals surface area contributed by atoms with Crippen LogP contribution in [0.4, 0.5) is 0 Å². The smallest absolute Gasteiger partial charge is 0.265 e. The predicted molar refractivity (Wildman–Crippen MR) is 82.9 cm³/mol. The summed E-state index contributed by atoms with van der Waals surface area (Å²) in [6, 6.07) is 5.73. The SMILES string of the molecule is CCCN1CC[C@H](n2cnc3cccc(OC)c3c2=O)C1. The predicted octanol–water partition coefficient (Wildman–Crippen LogP) is 2.06. The molecule has 2 aromatic rings. The molecule has 0 saturated carbocycles. The van der Waals surface area contributed by atoms with Crippen molar-refractivity contribution in [1.29, 1.82) is 0 Å². The molecule has 0 bridgehead atoms. The van der Waals surface area contributed by atoms with Crippen molar-refractivity contribution in [3.63, 3.8) is 0 Å². The molecule has 3 rings (SSSR count). The molecular weight excluding hydrogens is 266 g/mol. The molecule has 0 N–H and O–H groups in total. The zero-order chi connectivity index (χ0) is 14.8. The van der Waals surface area contributed by atoms with Crippen LogP contribution in [0.3, 0.4) is 0 Å². The van der Waals surface area contributed by atoms with E-state index in [4.69, 9.17) is 4.74 Å². The van der Waals surface area contributed by atoms with E-state index in [0.717, 1.165) is 32.5 Å². The van der Waals surface area contributed by atoms with Gasteiger partial charge in [-0.25, -0.2) is 4.98 Å². The van der Waals surface area contributed by atoms with Gasteiger partial charge in [-0.1, -0.05) is 13.0 Å². The maximum Gasteiger partial charge on any atom is 0.265 e. The van der Waals surface area contributed by atoms with Crippen molar-refractivity contribution < 1.29 is 4.74 Å². The van der Waals surface area contributed by atoms with Gasteiger partial charge in [0.05, 0.1) is 25.0 Å². The molecule has 1 saturated heterocycles. The highest BCUT2D eigenvalue weighted by molar-refractivity contribution is 5.83. The molecule has 2 heterocycles. The second-order valence-electron chi connectivity index (χ2n) is 5.55. The van der Waals surface area contributed by atoms with E-state index >= 15 is 0 Å². The Labute approximate surface area is 124 Å². The second kappa shape index (κ2) is 5.85. The average molecular weight is 287 g/mol. The van der Waals surface area contributed by atoms with E-state index in [1.807, 2.05) is 18.2 Å². The van der Waals surface area contributed by atoms with Gasteiger partial charge in [-0.2, -0.15) is 0 Å². The summed E-state index contributed by atoms with van der Waals surface area (Å²) in [5, 5.41) is 0.580. The van der Waals surface area contributed by atoms with Crippen LogP contribution in [0.25, 0.3) is 10.9 Å². The van der Waals surface area contributed by atoms with Crippen LogP contribution >= 0.6 is 0 Å². The summed E-state index contributed by atoms with van der Waals surface area (Å²) in [5.74, 6) is 0.600. The topological polar surface area (TPSA) is 47.4 Å². The maximum atomic E-state index is 12.8. The Morgan fingerprint density at radius 1 is 1.43 bits per heavy atom. The number of ether oxygens (including phenoxy) is 1. The average Bonchev–Trinajstić information content (AvgIpc) is 2.96. The number of aromatic nitrogens is 2. The molecule has 1 aliphatic rings. The summed E-state index contributed by atoms with van der Waals surface area (Å²) in [4.78, 5) is 19.6. The molecule has 1 fully saturated rings. The number of rotatable bonds is 4. The number of hydrogen-bond donors (Lipinski definition) is 0. The molecule has 0 unspecified atom stereocenters. The number of benzene rings is 1. The molecule has 0 radical (unpaired) electrons. The molecule has 21 heavy (non-hydrogen) atoms. The first-order chi connectivity index (χ1) is 10.2. The van der Waals surface area contributed by atoms with E-state index in [0.29, 0.717) is 16.7 Å². The number of hydrogen-bond acceptors (Lipinski definition) is 4. The van der Waals surface area contributed by atoms with Crippen LogP contribution < -0.4 is 10.3 Å². The van der Waals surface area contributed by atoms with Gasteiger partial charge in [-0.3, -0.25) is 9.36 Å². The highest BCUT2D eigenvalue weighted by Crippen LogP contribution is 2.23. The van der Waals surface area contributed by atoms with Gasteiger partial charge >= 0.3 is 0 Å². The number of methoxy groups -OCH3 is 1. The number of likely N-dealkylation sites (tertiary alicyclic amines) is 1. The molecule has 0 amide bonds. The Morgan fingerprint density at radius 2 is 2.29 bits per heavy atom. The van der Waals surface area contributed by atoms with E-state index < -0.39 is 0 Å². The van der Waals surface area contributed by atoms with Crippen LogP contribution in [0.2, 0.25) is 0 Å². The van der Waals surface area contributed by atoms with E-state index in [2.05, 4.69) is 16.8 Å². The minimum Gasteiger partial charge on any atom is -0.496 e. The monoisotopic (exact) mass is 287 g/mol. The molecular formula is C16H21N3O2. The summed E-state index contributed by atoms with van der Waals surface area (Å²) in [7, 11) is 1.59. The van der Waals surface area contributed by atoms with Crippen LogP contribution in [0.15, 0.2) is 29.3 Å². The van der Waals surface area contributed by atoms with Crippen molar-refractivity contribution in [2.24, 2.45) is 0 Å². The highest BCUT2D eigenvalue weighted by Gasteiger charge is 2.25. The normalized spacial score (nSPS) is 19.2. The van der Waals surface area contributed by atoms with Gasteiger partial charge in [0.2, 0.25) is 0 Å². The van der Waals surface area contributed by atoms with Crippen molar-refractivity contribution >= 4 is 10.9 Å². The zero-order valence-electron chi connectivity index (χ0n) is 12.6. The highest BCUT2D eigenvalue weighted by atomic mass is 16.5. The van der Waals surface area contributed by atoms with Gasteiger partial charge in [0.1, 0.15) is 11.1 Å². The largest absolute Gasteiger partial charge is 0.496 e. The Morgan fingerprint density at radius 3 is 3.05 bits per heavy atom. The molecule has 1 aromatic heterocycles. The fourth-order valence-electron chi connectivity index (χ4n) is 3.14. The summed E-state index contributed by atoms with van der Waals surface area (Å²) in [5.41, 5.74) is 0.694. The first-order valence-corrected chi connectivity index (χ1v) is 7.50. The molecule has 1 atom stereocenters. The van der Waals surface area contributed by atoms with Crippen LogP contribution in [-0.2, 0) is 0 Å². The summed E-state index contributed by atoms with van der Waals surface area (Å²) >= 11 is 0. The lowest BCUT2D eigenvalue weighted by Crippen LogP contribution is -2.28. The Bertz CT molecular complexity index is 695.